The number of hydrogen-bond acceptors (Lipinski definition) is 3. The molecule has 0 spiro atoms. The maximum atomic E-state index is 11.5. The van der Waals surface area contributed by atoms with Gasteiger partial charge in [0.05, 0.1) is 17.8 Å². The number of nitrogens with zero attached hydrogens (tertiary/aromatic N) is 1. The Morgan fingerprint density at radius 3 is 2.86 bits per heavy atom. The highest BCUT2D eigenvalue weighted by Crippen LogP contribution is 2.40. The smallest absolute Gasteiger partial charge is 0.228 e. The number of hydrogen-bond donors (Lipinski definition) is 2. The third-order valence-corrected chi connectivity index (χ3v) is 4.28. The third kappa shape index (κ3) is 1.95. The number of benzene rings is 2. The molecule has 0 saturated carbocycles. The van der Waals surface area contributed by atoms with Crippen molar-refractivity contribution in [3.05, 3.63) is 47.5 Å². The summed E-state index contributed by atoms with van der Waals surface area (Å²) in [7, 11) is 0. The number of nitrogen functional groups attached to an aromatic ring is 1. The highest BCUT2D eigenvalue weighted by atomic mass is 16.1. The Bertz CT molecular complexity index is 739. The van der Waals surface area contributed by atoms with Crippen molar-refractivity contribution in [2.75, 3.05) is 22.5 Å². The van der Waals surface area contributed by atoms with Gasteiger partial charge in [0.2, 0.25) is 5.91 Å². The average Bonchev–Trinajstić information content (AvgIpc) is 2.85. The first-order chi connectivity index (χ1) is 10.2. The Balaban J connectivity index is 1.82. The van der Waals surface area contributed by atoms with Crippen molar-refractivity contribution >= 4 is 28.7 Å². The predicted molar refractivity (Wildman–Crippen MR) is 85.0 cm³/mol. The number of para-hydroxylation sites is 1. The number of aryl methyl sites for hydroxylation is 1. The molecule has 4 heteroatoms. The van der Waals surface area contributed by atoms with Crippen LogP contribution in [0, 0.1) is 0 Å². The summed E-state index contributed by atoms with van der Waals surface area (Å²) < 4.78 is 0. The van der Waals surface area contributed by atoms with E-state index in [1.165, 1.54) is 11.3 Å². The van der Waals surface area contributed by atoms with Gasteiger partial charge in [0, 0.05) is 17.9 Å². The molecule has 0 atom stereocenters. The van der Waals surface area contributed by atoms with E-state index in [-0.39, 0.29) is 5.91 Å². The zero-order valence-electron chi connectivity index (χ0n) is 11.7. The standard InChI is InChI=1S/C17H17N3O/c18-13-8-12-9-17(21)19-14(12)10-16(13)20-7-3-5-11-4-1-2-6-15(11)20/h1-2,4,6,8,10H,3,5,7,9,18H2,(H,19,21). The lowest BCUT2D eigenvalue weighted by atomic mass is 10.00. The van der Waals surface area contributed by atoms with E-state index in [0.717, 1.165) is 42.0 Å². The van der Waals surface area contributed by atoms with Crippen LogP contribution in [-0.4, -0.2) is 12.5 Å². The van der Waals surface area contributed by atoms with E-state index in [4.69, 9.17) is 5.73 Å². The van der Waals surface area contributed by atoms with Gasteiger partial charge in [0.1, 0.15) is 0 Å². The molecule has 2 aromatic carbocycles. The molecule has 106 valence electrons. The molecule has 2 aliphatic heterocycles. The fourth-order valence-electron chi connectivity index (χ4n) is 3.30. The van der Waals surface area contributed by atoms with Gasteiger partial charge in [-0.25, -0.2) is 0 Å². The SMILES string of the molecule is Nc1cc2c(cc1N1CCCc3ccccc31)NC(=O)C2. The molecule has 0 aromatic heterocycles. The van der Waals surface area contributed by atoms with Crippen LogP contribution in [0.4, 0.5) is 22.7 Å². The summed E-state index contributed by atoms with van der Waals surface area (Å²) >= 11 is 0. The fraction of sp³-hybridized carbons (Fsp3) is 0.235. The van der Waals surface area contributed by atoms with Gasteiger partial charge in [0.25, 0.3) is 0 Å². The molecule has 1 amide bonds. The molecule has 0 unspecified atom stereocenters. The van der Waals surface area contributed by atoms with Crippen LogP contribution in [0.5, 0.6) is 0 Å². The highest BCUT2D eigenvalue weighted by molar-refractivity contribution is 6.01. The Hall–Kier alpha value is -2.49. The quantitative estimate of drug-likeness (QED) is 0.789. The second-order valence-electron chi connectivity index (χ2n) is 5.68. The molecular weight excluding hydrogens is 262 g/mol. The van der Waals surface area contributed by atoms with Crippen molar-refractivity contribution in [2.45, 2.75) is 19.3 Å². The summed E-state index contributed by atoms with van der Waals surface area (Å²) in [6.45, 7) is 0.952. The van der Waals surface area contributed by atoms with Crippen LogP contribution in [0.2, 0.25) is 0 Å². The molecule has 21 heavy (non-hydrogen) atoms. The molecule has 0 saturated heterocycles. The maximum absolute atomic E-state index is 11.5. The molecule has 2 aliphatic rings. The van der Waals surface area contributed by atoms with Gasteiger partial charge in [0.15, 0.2) is 0 Å². The number of nitrogens with one attached hydrogen (secondary N) is 1. The topological polar surface area (TPSA) is 58.4 Å². The van der Waals surface area contributed by atoms with E-state index in [9.17, 15) is 4.79 Å². The van der Waals surface area contributed by atoms with Crippen molar-refractivity contribution in [3.63, 3.8) is 0 Å². The second kappa shape index (κ2) is 4.52. The van der Waals surface area contributed by atoms with Crippen LogP contribution in [0.3, 0.4) is 0 Å². The van der Waals surface area contributed by atoms with Crippen LogP contribution in [0.15, 0.2) is 36.4 Å². The molecule has 4 nitrogen and oxygen atoms in total. The Morgan fingerprint density at radius 1 is 1.10 bits per heavy atom. The molecule has 2 heterocycles. The molecule has 0 fully saturated rings. The third-order valence-electron chi connectivity index (χ3n) is 4.28. The number of carbonyl (C=O) groups is 1. The number of amides is 1. The van der Waals surface area contributed by atoms with Crippen molar-refractivity contribution < 1.29 is 4.79 Å². The number of fused-ring (bicyclic) bond motifs is 2. The summed E-state index contributed by atoms with van der Waals surface area (Å²) in [5.41, 5.74) is 12.4. The second-order valence-corrected chi connectivity index (χ2v) is 5.68. The lowest BCUT2D eigenvalue weighted by Crippen LogP contribution is -2.25. The van der Waals surface area contributed by atoms with E-state index in [2.05, 4.69) is 34.5 Å². The van der Waals surface area contributed by atoms with Crippen molar-refractivity contribution in [1.29, 1.82) is 0 Å². The summed E-state index contributed by atoms with van der Waals surface area (Å²) in [4.78, 5) is 13.8. The minimum Gasteiger partial charge on any atom is -0.397 e. The van der Waals surface area contributed by atoms with Gasteiger partial charge in [-0.1, -0.05) is 18.2 Å². The zero-order chi connectivity index (χ0) is 14.4. The predicted octanol–water partition coefficient (Wildman–Crippen LogP) is 2.85. The van der Waals surface area contributed by atoms with Crippen LogP contribution in [-0.2, 0) is 17.6 Å². The van der Waals surface area contributed by atoms with Crippen LogP contribution < -0.4 is 16.0 Å². The van der Waals surface area contributed by atoms with Crippen molar-refractivity contribution in [2.24, 2.45) is 0 Å². The summed E-state index contributed by atoms with van der Waals surface area (Å²) in [6, 6.07) is 12.4. The molecule has 4 rings (SSSR count). The summed E-state index contributed by atoms with van der Waals surface area (Å²) in [6.07, 6.45) is 2.64. The van der Waals surface area contributed by atoms with Crippen LogP contribution in [0.25, 0.3) is 0 Å². The molecule has 0 aliphatic carbocycles. The zero-order valence-corrected chi connectivity index (χ0v) is 11.7. The van der Waals surface area contributed by atoms with Crippen molar-refractivity contribution in [1.82, 2.24) is 0 Å². The molecule has 0 radical (unpaired) electrons. The Morgan fingerprint density at radius 2 is 1.95 bits per heavy atom. The van der Waals surface area contributed by atoms with Gasteiger partial charge in [-0.05, 0) is 42.2 Å². The maximum Gasteiger partial charge on any atom is 0.228 e. The van der Waals surface area contributed by atoms with E-state index in [0.29, 0.717) is 6.42 Å². The number of nitrogens with two attached hydrogens (primary N) is 1. The van der Waals surface area contributed by atoms with Gasteiger partial charge >= 0.3 is 0 Å². The highest BCUT2D eigenvalue weighted by Gasteiger charge is 2.24. The average molecular weight is 279 g/mol. The first kappa shape index (κ1) is 12.3. The number of carbonyl (C=O) groups excluding carboxylic acids is 1. The van der Waals surface area contributed by atoms with Gasteiger partial charge < -0.3 is 16.0 Å². The molecule has 0 bridgehead atoms. The monoisotopic (exact) mass is 279 g/mol. The summed E-state index contributed by atoms with van der Waals surface area (Å²) in [5.74, 6) is 0.0422. The largest absolute Gasteiger partial charge is 0.397 e. The first-order valence-electron chi connectivity index (χ1n) is 7.30. The van der Waals surface area contributed by atoms with E-state index >= 15 is 0 Å². The lowest BCUT2D eigenvalue weighted by Gasteiger charge is -2.32. The van der Waals surface area contributed by atoms with E-state index in [1.54, 1.807) is 0 Å². The van der Waals surface area contributed by atoms with Gasteiger partial charge in [-0.3, -0.25) is 4.79 Å². The van der Waals surface area contributed by atoms with E-state index in [1.807, 2.05) is 12.1 Å². The lowest BCUT2D eigenvalue weighted by molar-refractivity contribution is -0.115. The van der Waals surface area contributed by atoms with Crippen LogP contribution >= 0.6 is 0 Å². The van der Waals surface area contributed by atoms with Gasteiger partial charge in [-0.2, -0.15) is 0 Å². The number of anilines is 4. The summed E-state index contributed by atoms with van der Waals surface area (Å²) in [5, 5.41) is 2.91. The normalized spacial score (nSPS) is 16.4. The minimum absolute atomic E-state index is 0.0422. The fourth-order valence-corrected chi connectivity index (χ4v) is 3.30. The molecule has 3 N–H and O–H groups in total. The molecule has 2 aromatic rings. The molecular formula is C17H17N3O. The minimum atomic E-state index is 0.0422. The number of rotatable bonds is 1. The van der Waals surface area contributed by atoms with E-state index < -0.39 is 0 Å². The Kier molecular flexibility index (Phi) is 2.64. The van der Waals surface area contributed by atoms with Crippen LogP contribution in [0.1, 0.15) is 17.5 Å². The first-order valence-corrected chi connectivity index (χ1v) is 7.30. The Labute approximate surface area is 123 Å². The van der Waals surface area contributed by atoms with Crippen molar-refractivity contribution in [3.8, 4) is 0 Å². The van der Waals surface area contributed by atoms with Gasteiger partial charge in [-0.15, -0.1) is 0 Å².